The molecule has 1 heterocycles. The number of para-hydroxylation sites is 1. The van der Waals surface area contributed by atoms with E-state index >= 15 is 0 Å². The molecule has 0 spiro atoms. The van der Waals surface area contributed by atoms with Crippen molar-refractivity contribution < 1.29 is 9.53 Å². The molecule has 0 aliphatic carbocycles. The van der Waals surface area contributed by atoms with Gasteiger partial charge in [0, 0.05) is 11.1 Å². The van der Waals surface area contributed by atoms with Crippen molar-refractivity contribution in [2.75, 3.05) is 18.7 Å². The second kappa shape index (κ2) is 6.76. The Morgan fingerprint density at radius 3 is 2.90 bits per heavy atom. The minimum atomic E-state index is -0.496. The summed E-state index contributed by atoms with van der Waals surface area (Å²) in [5, 5.41) is 7.03. The van der Waals surface area contributed by atoms with Gasteiger partial charge in [0.25, 0.3) is 0 Å². The second-order valence-electron chi connectivity index (χ2n) is 3.71. The van der Waals surface area contributed by atoms with Crippen molar-refractivity contribution in [3.8, 4) is 0 Å². The van der Waals surface area contributed by atoms with E-state index < -0.39 is 5.97 Å². The normalized spacial score (nSPS) is 11.2. The number of anilines is 1. The third-order valence-corrected chi connectivity index (χ3v) is 3.33. The SMILES string of the molecule is COC(=O)/C(=C\Nc1ccccc1SC)n1cncn1. The summed E-state index contributed by atoms with van der Waals surface area (Å²) in [6.45, 7) is 0. The molecule has 0 radical (unpaired) electrons. The number of nitrogens with zero attached hydrogens (tertiary/aromatic N) is 3. The molecule has 0 saturated heterocycles. The molecule has 6 nitrogen and oxygen atoms in total. The molecule has 0 amide bonds. The summed E-state index contributed by atoms with van der Waals surface area (Å²) in [7, 11) is 1.32. The van der Waals surface area contributed by atoms with Crippen molar-refractivity contribution >= 4 is 29.1 Å². The van der Waals surface area contributed by atoms with E-state index in [1.807, 2.05) is 30.5 Å². The predicted molar refractivity (Wildman–Crippen MR) is 78.2 cm³/mol. The molecule has 0 saturated carbocycles. The third-order valence-electron chi connectivity index (χ3n) is 2.53. The Balaban J connectivity index is 2.28. The monoisotopic (exact) mass is 290 g/mol. The predicted octanol–water partition coefficient (Wildman–Crippen LogP) is 2.08. The minimum absolute atomic E-state index is 0.251. The smallest absolute Gasteiger partial charge is 0.358 e. The Morgan fingerprint density at radius 1 is 1.45 bits per heavy atom. The molecule has 20 heavy (non-hydrogen) atoms. The van der Waals surface area contributed by atoms with Gasteiger partial charge in [0.05, 0.1) is 12.8 Å². The van der Waals surface area contributed by atoms with Gasteiger partial charge in [0.1, 0.15) is 12.7 Å². The van der Waals surface area contributed by atoms with E-state index in [1.54, 1.807) is 18.0 Å². The number of benzene rings is 1. The van der Waals surface area contributed by atoms with Gasteiger partial charge in [-0.1, -0.05) is 12.1 Å². The Labute approximate surface area is 120 Å². The van der Waals surface area contributed by atoms with Crippen molar-refractivity contribution in [3.63, 3.8) is 0 Å². The summed E-state index contributed by atoms with van der Waals surface area (Å²) in [4.78, 5) is 16.7. The molecule has 1 aromatic carbocycles. The van der Waals surface area contributed by atoms with Gasteiger partial charge in [0.15, 0.2) is 5.70 Å². The zero-order valence-electron chi connectivity index (χ0n) is 11.1. The van der Waals surface area contributed by atoms with Crippen molar-refractivity contribution in [2.24, 2.45) is 0 Å². The van der Waals surface area contributed by atoms with Gasteiger partial charge in [-0.25, -0.2) is 14.5 Å². The zero-order chi connectivity index (χ0) is 14.4. The average Bonchev–Trinajstić information content (AvgIpc) is 3.01. The van der Waals surface area contributed by atoms with Crippen LogP contribution in [0.5, 0.6) is 0 Å². The first-order chi connectivity index (χ1) is 9.76. The molecule has 1 N–H and O–H groups in total. The highest BCUT2D eigenvalue weighted by molar-refractivity contribution is 7.98. The maximum Gasteiger partial charge on any atom is 0.358 e. The highest BCUT2D eigenvalue weighted by atomic mass is 32.2. The van der Waals surface area contributed by atoms with Gasteiger partial charge in [-0.2, -0.15) is 5.10 Å². The number of methoxy groups -OCH3 is 1. The van der Waals surface area contributed by atoms with Crippen LogP contribution in [0.1, 0.15) is 0 Å². The lowest BCUT2D eigenvalue weighted by Crippen LogP contribution is -2.12. The summed E-state index contributed by atoms with van der Waals surface area (Å²) < 4.78 is 6.09. The van der Waals surface area contributed by atoms with Crippen LogP contribution in [0.2, 0.25) is 0 Å². The summed E-state index contributed by atoms with van der Waals surface area (Å²) in [6, 6.07) is 7.80. The molecule has 1 aromatic heterocycles. The Kier molecular flexibility index (Phi) is 4.78. The number of nitrogens with one attached hydrogen (secondary N) is 1. The summed E-state index contributed by atoms with van der Waals surface area (Å²) in [6.07, 6.45) is 6.33. The number of esters is 1. The lowest BCUT2D eigenvalue weighted by molar-refractivity contribution is -0.134. The van der Waals surface area contributed by atoms with E-state index in [0.29, 0.717) is 0 Å². The van der Waals surface area contributed by atoms with E-state index in [0.717, 1.165) is 10.6 Å². The van der Waals surface area contributed by atoms with E-state index in [2.05, 4.69) is 15.4 Å². The molecule has 0 unspecified atom stereocenters. The summed E-state index contributed by atoms with van der Waals surface area (Å²) in [5.74, 6) is -0.496. The standard InChI is InChI=1S/C13H14N4O2S/c1-19-13(18)11(17-9-14-8-16-17)7-15-10-5-3-4-6-12(10)20-2/h3-9,15H,1-2H3/b11-7+. The number of carbonyl (C=O) groups is 1. The molecule has 2 aromatic rings. The van der Waals surface area contributed by atoms with Crippen molar-refractivity contribution in [2.45, 2.75) is 4.90 Å². The Bertz CT molecular complexity index is 611. The Morgan fingerprint density at radius 2 is 2.25 bits per heavy atom. The van der Waals surface area contributed by atoms with E-state index in [4.69, 9.17) is 4.74 Å². The van der Waals surface area contributed by atoms with Crippen LogP contribution in [-0.2, 0) is 9.53 Å². The Hall–Kier alpha value is -2.28. The topological polar surface area (TPSA) is 69.0 Å². The fourth-order valence-corrected chi connectivity index (χ4v) is 2.13. The number of hydrogen-bond acceptors (Lipinski definition) is 6. The van der Waals surface area contributed by atoms with Gasteiger partial charge in [-0.05, 0) is 18.4 Å². The molecule has 104 valence electrons. The first-order valence-corrected chi connectivity index (χ1v) is 7.01. The van der Waals surface area contributed by atoms with Crippen molar-refractivity contribution in [1.29, 1.82) is 0 Å². The molecule has 0 atom stereocenters. The van der Waals surface area contributed by atoms with Gasteiger partial charge in [-0.15, -0.1) is 11.8 Å². The average molecular weight is 290 g/mol. The fourth-order valence-electron chi connectivity index (χ4n) is 1.57. The lowest BCUT2D eigenvalue weighted by Gasteiger charge is -2.09. The van der Waals surface area contributed by atoms with Crippen molar-refractivity contribution in [3.05, 3.63) is 43.1 Å². The van der Waals surface area contributed by atoms with Crippen LogP contribution in [0, 0.1) is 0 Å². The molecule has 0 aliphatic heterocycles. The van der Waals surface area contributed by atoms with Crippen LogP contribution in [0.15, 0.2) is 48.0 Å². The molecule has 0 fully saturated rings. The maximum absolute atomic E-state index is 11.8. The quantitative estimate of drug-likeness (QED) is 0.516. The summed E-state index contributed by atoms with van der Waals surface area (Å²) >= 11 is 1.62. The zero-order valence-corrected chi connectivity index (χ0v) is 11.9. The fraction of sp³-hybridized carbons (Fsp3) is 0.154. The second-order valence-corrected chi connectivity index (χ2v) is 4.55. The number of rotatable bonds is 5. The van der Waals surface area contributed by atoms with Gasteiger partial charge in [-0.3, -0.25) is 0 Å². The van der Waals surface area contributed by atoms with E-state index in [1.165, 1.54) is 24.4 Å². The van der Waals surface area contributed by atoms with Crippen LogP contribution in [0.4, 0.5) is 5.69 Å². The summed E-state index contributed by atoms with van der Waals surface area (Å²) in [5.41, 5.74) is 1.16. The molecule has 0 bridgehead atoms. The van der Waals surface area contributed by atoms with Crippen LogP contribution in [-0.4, -0.2) is 34.1 Å². The number of aromatic nitrogens is 3. The number of carbonyl (C=O) groups excluding carboxylic acids is 1. The molecular formula is C13H14N4O2S. The van der Waals surface area contributed by atoms with E-state index in [9.17, 15) is 4.79 Å². The highest BCUT2D eigenvalue weighted by Gasteiger charge is 2.13. The molecular weight excluding hydrogens is 276 g/mol. The molecule has 2 rings (SSSR count). The highest BCUT2D eigenvalue weighted by Crippen LogP contribution is 2.24. The largest absolute Gasteiger partial charge is 0.464 e. The number of thioether (sulfide) groups is 1. The van der Waals surface area contributed by atoms with Crippen LogP contribution in [0.3, 0.4) is 0 Å². The van der Waals surface area contributed by atoms with Gasteiger partial charge in [0.2, 0.25) is 0 Å². The maximum atomic E-state index is 11.8. The van der Waals surface area contributed by atoms with Crippen LogP contribution in [0.25, 0.3) is 5.70 Å². The first kappa shape index (κ1) is 14.1. The lowest BCUT2D eigenvalue weighted by atomic mass is 10.3. The first-order valence-electron chi connectivity index (χ1n) is 5.79. The van der Waals surface area contributed by atoms with Crippen LogP contribution < -0.4 is 5.32 Å². The van der Waals surface area contributed by atoms with Gasteiger partial charge >= 0.3 is 5.97 Å². The molecule has 7 heteroatoms. The molecule has 0 aliphatic rings. The van der Waals surface area contributed by atoms with Crippen LogP contribution >= 0.6 is 11.8 Å². The third kappa shape index (κ3) is 3.18. The minimum Gasteiger partial charge on any atom is -0.464 e. The number of ether oxygens (including phenoxy) is 1. The van der Waals surface area contributed by atoms with Gasteiger partial charge < -0.3 is 10.1 Å². The van der Waals surface area contributed by atoms with Crippen molar-refractivity contribution in [1.82, 2.24) is 14.8 Å². The number of hydrogen-bond donors (Lipinski definition) is 1. The van der Waals surface area contributed by atoms with E-state index in [-0.39, 0.29) is 5.70 Å².